The molecule has 1 aliphatic heterocycles. The molecule has 5 nitrogen and oxygen atoms in total. The zero-order valence-corrected chi connectivity index (χ0v) is 15.6. The van der Waals surface area contributed by atoms with Crippen molar-refractivity contribution in [2.75, 3.05) is 12.9 Å². The minimum atomic E-state index is -1.07. The van der Waals surface area contributed by atoms with Crippen LogP contribution in [0.3, 0.4) is 0 Å². The molecule has 0 radical (unpaired) electrons. The van der Waals surface area contributed by atoms with Crippen LogP contribution in [0.2, 0.25) is 0 Å². The van der Waals surface area contributed by atoms with Crippen molar-refractivity contribution in [1.29, 1.82) is 0 Å². The molecule has 0 aromatic heterocycles. The first kappa shape index (κ1) is 19.2. The summed E-state index contributed by atoms with van der Waals surface area (Å²) in [7, 11) is -1.07. The Labute approximate surface area is 155 Å². The molecule has 1 aliphatic rings. The molecule has 1 heterocycles. The molecule has 1 fully saturated rings. The van der Waals surface area contributed by atoms with E-state index in [-0.39, 0.29) is 13.0 Å². The summed E-state index contributed by atoms with van der Waals surface area (Å²) in [5.41, 5.74) is 3.57. The third kappa shape index (κ3) is 3.75. The van der Waals surface area contributed by atoms with Crippen LogP contribution in [-0.4, -0.2) is 50.7 Å². The van der Waals surface area contributed by atoms with Gasteiger partial charge in [0.1, 0.15) is 12.2 Å². The topological polar surface area (TPSA) is 87.0 Å². The van der Waals surface area contributed by atoms with E-state index in [9.17, 15) is 19.5 Å². The monoisotopic (exact) mass is 376 g/mol. The maximum atomic E-state index is 11.8. The van der Waals surface area contributed by atoms with Gasteiger partial charge in [0.2, 0.25) is 0 Å². The SMILES string of the molecule is Cc1c(-c2cccc(S(C)=O)c2)cccc1[C@H]1OC(CO)CC(O)C1O. The fraction of sp³-hybridized carbons (Fsp3) is 0.400. The molecule has 1 saturated heterocycles. The Balaban J connectivity index is 2.02. The van der Waals surface area contributed by atoms with Crippen molar-refractivity contribution in [3.8, 4) is 11.1 Å². The van der Waals surface area contributed by atoms with Crippen LogP contribution in [0.1, 0.15) is 23.7 Å². The van der Waals surface area contributed by atoms with Gasteiger partial charge < -0.3 is 20.1 Å². The van der Waals surface area contributed by atoms with Gasteiger partial charge in [0, 0.05) is 28.4 Å². The van der Waals surface area contributed by atoms with E-state index in [4.69, 9.17) is 4.74 Å². The van der Waals surface area contributed by atoms with Gasteiger partial charge >= 0.3 is 0 Å². The van der Waals surface area contributed by atoms with Gasteiger partial charge in [-0.05, 0) is 41.3 Å². The maximum Gasteiger partial charge on any atom is 0.112 e. The van der Waals surface area contributed by atoms with Crippen molar-refractivity contribution in [3.05, 3.63) is 53.6 Å². The lowest BCUT2D eigenvalue weighted by Gasteiger charge is -2.37. The van der Waals surface area contributed by atoms with Gasteiger partial charge in [-0.3, -0.25) is 4.21 Å². The van der Waals surface area contributed by atoms with E-state index in [0.29, 0.717) is 0 Å². The summed E-state index contributed by atoms with van der Waals surface area (Å²) in [5.74, 6) is 0. The third-order valence-electron chi connectivity index (χ3n) is 4.91. The average Bonchev–Trinajstić information content (AvgIpc) is 2.64. The molecular formula is C20H24O5S. The molecule has 0 spiro atoms. The van der Waals surface area contributed by atoms with E-state index >= 15 is 0 Å². The number of rotatable bonds is 4. The lowest BCUT2D eigenvalue weighted by atomic mass is 9.88. The second-order valence-electron chi connectivity index (χ2n) is 6.66. The number of hydrogen-bond donors (Lipinski definition) is 3. The first-order chi connectivity index (χ1) is 12.4. The van der Waals surface area contributed by atoms with Crippen molar-refractivity contribution in [3.63, 3.8) is 0 Å². The molecule has 0 aliphatic carbocycles. The van der Waals surface area contributed by atoms with Gasteiger partial charge in [0.15, 0.2) is 0 Å². The molecule has 3 N–H and O–H groups in total. The highest BCUT2D eigenvalue weighted by atomic mass is 32.2. The molecule has 3 rings (SSSR count). The minimum absolute atomic E-state index is 0.205. The third-order valence-corrected chi connectivity index (χ3v) is 5.83. The van der Waals surface area contributed by atoms with Crippen molar-refractivity contribution in [2.45, 2.75) is 42.7 Å². The number of ether oxygens (including phenoxy) is 1. The van der Waals surface area contributed by atoms with Gasteiger partial charge in [-0.1, -0.05) is 30.3 Å². The van der Waals surface area contributed by atoms with Gasteiger partial charge in [-0.25, -0.2) is 0 Å². The predicted molar refractivity (Wildman–Crippen MR) is 100 cm³/mol. The maximum absolute atomic E-state index is 11.8. The van der Waals surface area contributed by atoms with E-state index in [2.05, 4.69) is 0 Å². The Hall–Kier alpha value is -1.57. The molecule has 2 aromatic rings. The smallest absolute Gasteiger partial charge is 0.112 e. The van der Waals surface area contributed by atoms with E-state index in [1.165, 1.54) is 0 Å². The standard InChI is InChI=1S/C20H24O5S/c1-12-16(13-5-3-6-15(9-13)26(2)24)7-4-8-17(12)20-19(23)18(22)10-14(11-21)25-20/h3-9,14,18-23H,10-11H2,1-2H3/t14?,18?,19?,20-,26?/m1/s1. The molecular weight excluding hydrogens is 352 g/mol. The summed E-state index contributed by atoms with van der Waals surface area (Å²) in [6.45, 7) is 1.73. The fourth-order valence-corrected chi connectivity index (χ4v) is 4.01. The van der Waals surface area contributed by atoms with Crippen LogP contribution in [0.5, 0.6) is 0 Å². The van der Waals surface area contributed by atoms with Crippen LogP contribution in [-0.2, 0) is 15.5 Å². The summed E-state index contributed by atoms with van der Waals surface area (Å²) in [4.78, 5) is 0.747. The summed E-state index contributed by atoms with van der Waals surface area (Å²) >= 11 is 0. The number of benzene rings is 2. The Morgan fingerprint density at radius 3 is 2.62 bits per heavy atom. The van der Waals surface area contributed by atoms with E-state index in [1.54, 1.807) is 6.26 Å². The second-order valence-corrected chi connectivity index (χ2v) is 8.04. The van der Waals surface area contributed by atoms with Crippen molar-refractivity contribution < 1.29 is 24.3 Å². The van der Waals surface area contributed by atoms with Crippen LogP contribution in [0, 0.1) is 6.92 Å². The van der Waals surface area contributed by atoms with E-state index < -0.39 is 35.2 Å². The van der Waals surface area contributed by atoms with Crippen LogP contribution < -0.4 is 0 Å². The summed E-state index contributed by atoms with van der Waals surface area (Å²) < 4.78 is 17.6. The van der Waals surface area contributed by atoms with Gasteiger partial charge in [-0.2, -0.15) is 0 Å². The largest absolute Gasteiger partial charge is 0.394 e. The summed E-state index contributed by atoms with van der Waals surface area (Å²) in [6.07, 6.45) is -1.37. The Bertz CT molecular complexity index is 807. The van der Waals surface area contributed by atoms with Crippen LogP contribution in [0.4, 0.5) is 0 Å². The van der Waals surface area contributed by atoms with Crippen molar-refractivity contribution >= 4 is 10.8 Å². The van der Waals surface area contributed by atoms with Crippen LogP contribution >= 0.6 is 0 Å². The predicted octanol–water partition coefficient (Wildman–Crippen LogP) is 1.94. The van der Waals surface area contributed by atoms with Crippen molar-refractivity contribution in [2.24, 2.45) is 0 Å². The Morgan fingerprint density at radius 1 is 1.19 bits per heavy atom. The highest BCUT2D eigenvalue weighted by molar-refractivity contribution is 7.84. The first-order valence-electron chi connectivity index (χ1n) is 8.58. The van der Waals surface area contributed by atoms with Crippen LogP contribution in [0.25, 0.3) is 11.1 Å². The van der Waals surface area contributed by atoms with Crippen molar-refractivity contribution in [1.82, 2.24) is 0 Å². The fourth-order valence-electron chi connectivity index (χ4n) is 3.45. The molecule has 5 atom stereocenters. The lowest BCUT2D eigenvalue weighted by molar-refractivity contribution is -0.179. The first-order valence-corrected chi connectivity index (χ1v) is 10.1. The summed E-state index contributed by atoms with van der Waals surface area (Å²) in [6, 6.07) is 13.2. The van der Waals surface area contributed by atoms with Gasteiger partial charge in [-0.15, -0.1) is 0 Å². The lowest BCUT2D eigenvalue weighted by Crippen LogP contribution is -2.44. The molecule has 0 bridgehead atoms. The van der Waals surface area contributed by atoms with Gasteiger partial charge in [0.05, 0.1) is 18.8 Å². The van der Waals surface area contributed by atoms with Gasteiger partial charge in [0.25, 0.3) is 0 Å². The zero-order valence-electron chi connectivity index (χ0n) is 14.8. The zero-order chi connectivity index (χ0) is 18.8. The highest BCUT2D eigenvalue weighted by Gasteiger charge is 2.38. The summed E-state index contributed by atoms with van der Waals surface area (Å²) in [5, 5.41) is 29.9. The molecule has 6 heteroatoms. The second kappa shape index (κ2) is 7.98. The molecule has 26 heavy (non-hydrogen) atoms. The van der Waals surface area contributed by atoms with Crippen LogP contribution in [0.15, 0.2) is 47.4 Å². The average molecular weight is 376 g/mol. The molecule has 2 aromatic carbocycles. The Kier molecular flexibility index (Phi) is 5.89. The normalized spacial score (nSPS) is 27.3. The van der Waals surface area contributed by atoms with E-state index in [0.717, 1.165) is 27.1 Å². The molecule has 4 unspecified atom stereocenters. The molecule has 0 amide bonds. The Morgan fingerprint density at radius 2 is 1.92 bits per heavy atom. The number of aliphatic hydroxyl groups excluding tert-OH is 3. The molecule has 0 saturated carbocycles. The molecule has 140 valence electrons. The minimum Gasteiger partial charge on any atom is -0.394 e. The number of aliphatic hydroxyl groups is 3. The highest BCUT2D eigenvalue weighted by Crippen LogP contribution is 2.37. The number of hydrogen-bond acceptors (Lipinski definition) is 5. The van der Waals surface area contributed by atoms with E-state index in [1.807, 2.05) is 49.4 Å². The quantitative estimate of drug-likeness (QED) is 0.759.